The van der Waals surface area contributed by atoms with E-state index in [1.54, 1.807) is 20.5 Å². The second-order valence-electron chi connectivity index (χ2n) is 8.17. The van der Waals surface area contributed by atoms with Crippen LogP contribution in [0.5, 0.6) is 11.5 Å². The Morgan fingerprint density at radius 3 is 2.47 bits per heavy atom. The quantitative estimate of drug-likeness (QED) is 0.529. The first-order chi connectivity index (χ1) is 15.6. The maximum atomic E-state index is 13.7. The Bertz CT molecular complexity index is 1040. The molecule has 0 aliphatic carbocycles. The molecule has 1 saturated heterocycles. The Balaban J connectivity index is 1.60. The van der Waals surface area contributed by atoms with E-state index < -0.39 is 0 Å². The van der Waals surface area contributed by atoms with E-state index in [9.17, 15) is 4.79 Å². The molecule has 0 N–H and O–H groups in total. The number of furan rings is 1. The average Bonchev–Trinajstić information content (AvgIpc) is 3.33. The lowest BCUT2D eigenvalue weighted by Crippen LogP contribution is -2.47. The summed E-state index contributed by atoms with van der Waals surface area (Å²) in [6, 6.07) is 17.5. The van der Waals surface area contributed by atoms with Gasteiger partial charge in [-0.25, -0.2) is 0 Å². The Morgan fingerprint density at radius 1 is 1.03 bits per heavy atom. The van der Waals surface area contributed by atoms with Crippen molar-refractivity contribution >= 4 is 11.6 Å². The van der Waals surface area contributed by atoms with Crippen LogP contribution in [-0.2, 0) is 6.54 Å². The Kier molecular flexibility index (Phi) is 6.81. The highest BCUT2D eigenvalue weighted by atomic mass is 16.5. The van der Waals surface area contributed by atoms with Gasteiger partial charge in [0.25, 0.3) is 5.91 Å². The fraction of sp³-hybridized carbons (Fsp3) is 0.346. The van der Waals surface area contributed by atoms with Crippen LogP contribution in [0.1, 0.15) is 34.5 Å². The summed E-state index contributed by atoms with van der Waals surface area (Å²) in [5.74, 6) is 2.23. The molecule has 6 heteroatoms. The van der Waals surface area contributed by atoms with Crippen molar-refractivity contribution in [3.8, 4) is 11.5 Å². The molecular weight excluding hydrogens is 404 g/mol. The van der Waals surface area contributed by atoms with Crippen LogP contribution in [0.2, 0.25) is 0 Å². The number of piperidine rings is 1. The number of nitrogens with zero attached hydrogens (tertiary/aromatic N) is 2. The number of ether oxygens (including phenoxy) is 2. The third kappa shape index (κ3) is 4.81. The number of carbonyl (C=O) groups is 1. The van der Waals surface area contributed by atoms with E-state index >= 15 is 0 Å². The van der Waals surface area contributed by atoms with Crippen LogP contribution in [0.25, 0.3) is 0 Å². The van der Waals surface area contributed by atoms with E-state index in [0.29, 0.717) is 17.1 Å². The molecule has 0 saturated carbocycles. The molecule has 4 rings (SSSR count). The van der Waals surface area contributed by atoms with Crippen LogP contribution < -0.4 is 14.4 Å². The van der Waals surface area contributed by atoms with Crippen molar-refractivity contribution in [2.45, 2.75) is 32.4 Å². The van der Waals surface area contributed by atoms with Crippen molar-refractivity contribution in [1.29, 1.82) is 0 Å². The molecule has 0 unspecified atom stereocenters. The number of rotatable bonds is 7. The second kappa shape index (κ2) is 9.92. The number of methoxy groups -OCH3 is 2. The van der Waals surface area contributed by atoms with E-state index in [4.69, 9.17) is 13.9 Å². The van der Waals surface area contributed by atoms with Gasteiger partial charge in [-0.05, 0) is 56.2 Å². The maximum Gasteiger partial charge on any atom is 0.258 e. The zero-order chi connectivity index (χ0) is 22.5. The van der Waals surface area contributed by atoms with Gasteiger partial charge in [-0.3, -0.25) is 9.69 Å². The van der Waals surface area contributed by atoms with Gasteiger partial charge in [0.15, 0.2) is 11.5 Å². The van der Waals surface area contributed by atoms with Crippen molar-refractivity contribution < 1.29 is 18.7 Å². The zero-order valence-corrected chi connectivity index (χ0v) is 18.9. The average molecular weight is 435 g/mol. The zero-order valence-electron chi connectivity index (χ0n) is 18.9. The van der Waals surface area contributed by atoms with Crippen LogP contribution in [0, 0.1) is 6.92 Å². The number of aryl methyl sites for hydroxylation is 1. The number of carbonyl (C=O) groups excluding carboxylic acids is 1. The minimum absolute atomic E-state index is 0.00500. The Morgan fingerprint density at radius 2 is 1.81 bits per heavy atom. The van der Waals surface area contributed by atoms with Gasteiger partial charge < -0.3 is 18.8 Å². The number of hydrogen-bond donors (Lipinski definition) is 0. The lowest BCUT2D eigenvalue weighted by Gasteiger charge is -2.38. The summed E-state index contributed by atoms with van der Waals surface area (Å²) in [6.45, 7) is 4.60. The van der Waals surface area contributed by atoms with Gasteiger partial charge in [0.1, 0.15) is 5.76 Å². The molecule has 1 fully saturated rings. The van der Waals surface area contributed by atoms with Crippen molar-refractivity contribution in [3.05, 3.63) is 77.7 Å². The van der Waals surface area contributed by atoms with Gasteiger partial charge >= 0.3 is 0 Å². The van der Waals surface area contributed by atoms with Crippen LogP contribution in [0.4, 0.5) is 5.69 Å². The minimum atomic E-state index is 0.00500. The summed E-state index contributed by atoms with van der Waals surface area (Å²) in [6.07, 6.45) is 3.47. The van der Waals surface area contributed by atoms with Crippen LogP contribution in [0.3, 0.4) is 0 Å². The largest absolute Gasteiger partial charge is 0.493 e. The lowest BCUT2D eigenvalue weighted by molar-refractivity contribution is 0.0956. The number of likely N-dealkylation sites (tertiary alicyclic amines) is 1. The molecule has 1 aromatic heterocycles. The molecule has 1 aliphatic heterocycles. The van der Waals surface area contributed by atoms with Crippen LogP contribution in [-0.4, -0.2) is 44.2 Å². The lowest BCUT2D eigenvalue weighted by atomic mass is 10.00. The van der Waals surface area contributed by atoms with Gasteiger partial charge in [0, 0.05) is 36.4 Å². The molecule has 0 spiro atoms. The van der Waals surface area contributed by atoms with Gasteiger partial charge in [0.05, 0.1) is 27.0 Å². The van der Waals surface area contributed by atoms with Crippen molar-refractivity contribution in [2.75, 3.05) is 32.2 Å². The highest BCUT2D eigenvalue weighted by molar-refractivity contribution is 6.06. The van der Waals surface area contributed by atoms with Gasteiger partial charge in [-0.2, -0.15) is 0 Å². The van der Waals surface area contributed by atoms with E-state index in [0.717, 1.165) is 49.5 Å². The summed E-state index contributed by atoms with van der Waals surface area (Å²) in [4.78, 5) is 18.0. The summed E-state index contributed by atoms with van der Waals surface area (Å²) in [5, 5.41) is 0. The van der Waals surface area contributed by atoms with Crippen LogP contribution in [0.15, 0.2) is 65.3 Å². The fourth-order valence-electron chi connectivity index (χ4n) is 4.34. The highest BCUT2D eigenvalue weighted by Gasteiger charge is 2.30. The van der Waals surface area contributed by atoms with Gasteiger partial charge in [-0.15, -0.1) is 0 Å². The molecule has 1 amide bonds. The minimum Gasteiger partial charge on any atom is -0.493 e. The first kappa shape index (κ1) is 22.0. The molecule has 32 heavy (non-hydrogen) atoms. The van der Waals surface area contributed by atoms with E-state index in [1.165, 1.54) is 0 Å². The molecule has 6 nitrogen and oxygen atoms in total. The Labute approximate surface area is 189 Å². The summed E-state index contributed by atoms with van der Waals surface area (Å²) < 4.78 is 16.4. The fourth-order valence-corrected chi connectivity index (χ4v) is 4.34. The van der Waals surface area contributed by atoms with E-state index in [-0.39, 0.29) is 11.9 Å². The third-order valence-corrected chi connectivity index (χ3v) is 6.01. The Hall–Kier alpha value is -3.25. The second-order valence-corrected chi connectivity index (χ2v) is 8.17. The number of benzene rings is 2. The van der Waals surface area contributed by atoms with E-state index in [2.05, 4.69) is 4.90 Å². The monoisotopic (exact) mass is 434 g/mol. The summed E-state index contributed by atoms with van der Waals surface area (Å²) in [5.41, 5.74) is 2.58. The molecule has 1 aliphatic rings. The van der Waals surface area contributed by atoms with Crippen molar-refractivity contribution in [2.24, 2.45) is 0 Å². The molecule has 0 radical (unpaired) electrons. The van der Waals surface area contributed by atoms with Crippen molar-refractivity contribution in [1.82, 2.24) is 4.90 Å². The number of amides is 1. The smallest absolute Gasteiger partial charge is 0.258 e. The predicted octanol–water partition coefficient (Wildman–Crippen LogP) is 4.92. The molecule has 2 aromatic carbocycles. The highest BCUT2D eigenvalue weighted by Crippen LogP contribution is 2.34. The number of hydrogen-bond acceptors (Lipinski definition) is 5. The van der Waals surface area contributed by atoms with E-state index in [1.807, 2.05) is 66.4 Å². The molecule has 0 bridgehead atoms. The normalized spacial score (nSPS) is 14.8. The third-order valence-electron chi connectivity index (χ3n) is 6.01. The van der Waals surface area contributed by atoms with Crippen LogP contribution >= 0.6 is 0 Å². The molecular formula is C26H30N2O4. The first-order valence-corrected chi connectivity index (χ1v) is 11.0. The first-order valence-electron chi connectivity index (χ1n) is 11.0. The molecule has 0 atom stereocenters. The summed E-state index contributed by atoms with van der Waals surface area (Å²) in [7, 11) is 3.23. The number of anilines is 1. The SMILES string of the molecule is COc1ccc(N(C(=O)c2cccc(C)c2)C2CCN(Cc3ccco3)CC2)cc1OC. The predicted molar refractivity (Wildman–Crippen MR) is 125 cm³/mol. The topological polar surface area (TPSA) is 55.2 Å². The standard InChI is InChI=1S/C26H30N2O4/c1-19-6-4-7-20(16-19)26(29)28(22-9-10-24(30-2)25(17-22)31-3)21-11-13-27(14-12-21)18-23-8-5-15-32-23/h4-10,15-17,21H,11-14,18H2,1-3H3. The van der Waals surface area contributed by atoms with Gasteiger partial charge in [-0.1, -0.05) is 17.7 Å². The molecule has 2 heterocycles. The van der Waals surface area contributed by atoms with Crippen molar-refractivity contribution in [3.63, 3.8) is 0 Å². The molecule has 3 aromatic rings. The van der Waals surface area contributed by atoms with Gasteiger partial charge in [0.2, 0.25) is 0 Å². The maximum absolute atomic E-state index is 13.7. The molecule has 168 valence electrons. The summed E-state index contributed by atoms with van der Waals surface area (Å²) >= 11 is 0.